The van der Waals surface area contributed by atoms with E-state index in [1.165, 1.54) is 12.1 Å². The van der Waals surface area contributed by atoms with Crippen LogP contribution >= 0.6 is 15.9 Å². The fourth-order valence-corrected chi connectivity index (χ4v) is 2.38. The van der Waals surface area contributed by atoms with Gasteiger partial charge in [0.2, 0.25) is 0 Å². The number of methoxy groups -OCH3 is 1. The number of nitrogens with one attached hydrogen (secondary N) is 1. The van der Waals surface area contributed by atoms with Gasteiger partial charge in [0.1, 0.15) is 11.6 Å². The van der Waals surface area contributed by atoms with Gasteiger partial charge in [0.25, 0.3) is 0 Å². The van der Waals surface area contributed by atoms with Gasteiger partial charge in [-0.05, 0) is 54.4 Å². The Kier molecular flexibility index (Phi) is 4.43. The van der Waals surface area contributed by atoms with Crippen molar-refractivity contribution in [3.05, 3.63) is 57.8 Å². The molecule has 0 unspecified atom stereocenters. The molecule has 0 aliphatic rings. The molecular weight excluding hydrogens is 309 g/mol. The Labute approximate surface area is 120 Å². The maximum atomic E-state index is 13.3. The summed E-state index contributed by atoms with van der Waals surface area (Å²) >= 11 is 3.29. The standard InChI is InChI=1S/C15H15BrFNO/c1-10-5-14(19-2)3-4-15(10)18-9-11-6-12(16)8-13(17)7-11/h3-8,18H,9H2,1-2H3. The Morgan fingerprint density at radius 1 is 1.21 bits per heavy atom. The van der Waals surface area contributed by atoms with Crippen molar-refractivity contribution in [1.82, 2.24) is 0 Å². The molecule has 0 aliphatic carbocycles. The molecule has 0 fully saturated rings. The third kappa shape index (κ3) is 3.70. The van der Waals surface area contributed by atoms with Gasteiger partial charge in [0.05, 0.1) is 7.11 Å². The van der Waals surface area contributed by atoms with Crippen LogP contribution in [-0.4, -0.2) is 7.11 Å². The lowest BCUT2D eigenvalue weighted by molar-refractivity contribution is 0.414. The van der Waals surface area contributed by atoms with Crippen LogP contribution in [0.15, 0.2) is 40.9 Å². The molecule has 0 saturated carbocycles. The molecule has 0 spiro atoms. The molecule has 2 rings (SSSR count). The van der Waals surface area contributed by atoms with Gasteiger partial charge in [-0.15, -0.1) is 0 Å². The van der Waals surface area contributed by atoms with Crippen LogP contribution < -0.4 is 10.1 Å². The zero-order chi connectivity index (χ0) is 13.8. The predicted molar refractivity (Wildman–Crippen MR) is 79.2 cm³/mol. The van der Waals surface area contributed by atoms with Crippen LogP contribution in [0, 0.1) is 12.7 Å². The number of hydrogen-bond donors (Lipinski definition) is 1. The highest BCUT2D eigenvalue weighted by molar-refractivity contribution is 9.10. The normalized spacial score (nSPS) is 10.3. The van der Waals surface area contributed by atoms with Crippen LogP contribution in [0.1, 0.15) is 11.1 Å². The number of aryl methyl sites for hydroxylation is 1. The van der Waals surface area contributed by atoms with E-state index < -0.39 is 0 Å². The first kappa shape index (κ1) is 13.9. The molecule has 2 aromatic rings. The van der Waals surface area contributed by atoms with E-state index in [2.05, 4.69) is 21.2 Å². The third-order valence-electron chi connectivity index (χ3n) is 2.84. The van der Waals surface area contributed by atoms with E-state index in [0.717, 1.165) is 27.0 Å². The summed E-state index contributed by atoms with van der Waals surface area (Å²) in [6.07, 6.45) is 0. The van der Waals surface area contributed by atoms with Crippen molar-refractivity contribution in [1.29, 1.82) is 0 Å². The van der Waals surface area contributed by atoms with Crippen molar-refractivity contribution in [3.63, 3.8) is 0 Å². The van der Waals surface area contributed by atoms with Gasteiger partial charge >= 0.3 is 0 Å². The Bertz CT molecular complexity index is 566. The van der Waals surface area contributed by atoms with Crippen molar-refractivity contribution in [2.24, 2.45) is 0 Å². The van der Waals surface area contributed by atoms with Gasteiger partial charge in [-0.25, -0.2) is 4.39 Å². The Balaban J connectivity index is 2.10. The third-order valence-corrected chi connectivity index (χ3v) is 3.30. The summed E-state index contributed by atoms with van der Waals surface area (Å²) < 4.78 is 19.2. The molecule has 2 aromatic carbocycles. The highest BCUT2D eigenvalue weighted by Gasteiger charge is 2.02. The Morgan fingerprint density at radius 2 is 2.00 bits per heavy atom. The fourth-order valence-electron chi connectivity index (χ4n) is 1.87. The second-order valence-electron chi connectivity index (χ2n) is 4.31. The highest BCUT2D eigenvalue weighted by Crippen LogP contribution is 2.22. The number of hydrogen-bond acceptors (Lipinski definition) is 2. The number of halogens is 2. The summed E-state index contributed by atoms with van der Waals surface area (Å²) in [4.78, 5) is 0. The van der Waals surface area contributed by atoms with E-state index in [1.54, 1.807) is 7.11 Å². The summed E-state index contributed by atoms with van der Waals surface area (Å²) in [5.41, 5.74) is 3.00. The van der Waals surface area contributed by atoms with Gasteiger partial charge in [0.15, 0.2) is 0 Å². The zero-order valence-electron chi connectivity index (χ0n) is 10.8. The average Bonchev–Trinajstić information content (AvgIpc) is 2.36. The Hall–Kier alpha value is -1.55. The highest BCUT2D eigenvalue weighted by atomic mass is 79.9. The lowest BCUT2D eigenvalue weighted by Gasteiger charge is -2.11. The zero-order valence-corrected chi connectivity index (χ0v) is 12.4. The van der Waals surface area contributed by atoms with Gasteiger partial charge in [-0.2, -0.15) is 0 Å². The summed E-state index contributed by atoms with van der Waals surface area (Å²) in [5.74, 6) is 0.592. The van der Waals surface area contributed by atoms with Crippen molar-refractivity contribution in [2.75, 3.05) is 12.4 Å². The molecule has 0 amide bonds. The molecule has 0 saturated heterocycles. The number of benzene rings is 2. The summed E-state index contributed by atoms with van der Waals surface area (Å²) in [6, 6.07) is 10.7. The van der Waals surface area contributed by atoms with E-state index in [0.29, 0.717) is 6.54 Å². The first-order valence-electron chi connectivity index (χ1n) is 5.92. The molecule has 0 heterocycles. The molecule has 1 N–H and O–H groups in total. The molecule has 100 valence electrons. The van der Waals surface area contributed by atoms with Gasteiger partial charge in [-0.3, -0.25) is 0 Å². The van der Waals surface area contributed by atoms with Crippen molar-refractivity contribution in [2.45, 2.75) is 13.5 Å². The van der Waals surface area contributed by atoms with E-state index in [4.69, 9.17) is 4.74 Å². The average molecular weight is 324 g/mol. The van der Waals surface area contributed by atoms with Crippen LogP contribution in [0.5, 0.6) is 5.75 Å². The van der Waals surface area contributed by atoms with Crippen molar-refractivity contribution >= 4 is 21.6 Å². The SMILES string of the molecule is COc1ccc(NCc2cc(F)cc(Br)c2)c(C)c1. The molecule has 0 radical (unpaired) electrons. The molecule has 0 bridgehead atoms. The second kappa shape index (κ2) is 6.06. The Morgan fingerprint density at radius 3 is 2.63 bits per heavy atom. The monoisotopic (exact) mass is 323 g/mol. The first-order valence-corrected chi connectivity index (χ1v) is 6.71. The second-order valence-corrected chi connectivity index (χ2v) is 5.23. The quantitative estimate of drug-likeness (QED) is 0.893. The minimum Gasteiger partial charge on any atom is -0.497 e. The minimum absolute atomic E-state index is 0.238. The smallest absolute Gasteiger partial charge is 0.124 e. The molecule has 0 aromatic heterocycles. The van der Waals surface area contributed by atoms with Crippen LogP contribution in [0.2, 0.25) is 0 Å². The number of anilines is 1. The lowest BCUT2D eigenvalue weighted by Crippen LogP contribution is -2.01. The van der Waals surface area contributed by atoms with E-state index in [1.807, 2.05) is 31.2 Å². The van der Waals surface area contributed by atoms with Crippen LogP contribution in [0.4, 0.5) is 10.1 Å². The summed E-state index contributed by atoms with van der Waals surface area (Å²) in [6.45, 7) is 2.58. The van der Waals surface area contributed by atoms with E-state index in [9.17, 15) is 4.39 Å². The minimum atomic E-state index is -0.238. The van der Waals surface area contributed by atoms with Crippen LogP contribution in [0.25, 0.3) is 0 Å². The molecule has 4 heteroatoms. The topological polar surface area (TPSA) is 21.3 Å². The van der Waals surface area contributed by atoms with Crippen LogP contribution in [-0.2, 0) is 6.54 Å². The predicted octanol–water partition coefficient (Wildman–Crippen LogP) is 4.52. The van der Waals surface area contributed by atoms with Crippen molar-refractivity contribution in [3.8, 4) is 5.75 Å². The molecule has 2 nitrogen and oxygen atoms in total. The van der Waals surface area contributed by atoms with E-state index in [-0.39, 0.29) is 5.82 Å². The molecule has 0 aliphatic heterocycles. The van der Waals surface area contributed by atoms with Crippen molar-refractivity contribution < 1.29 is 9.13 Å². The lowest BCUT2D eigenvalue weighted by atomic mass is 10.1. The molecule has 19 heavy (non-hydrogen) atoms. The van der Waals surface area contributed by atoms with Crippen LogP contribution in [0.3, 0.4) is 0 Å². The molecule has 0 atom stereocenters. The number of rotatable bonds is 4. The number of ether oxygens (including phenoxy) is 1. The maximum absolute atomic E-state index is 13.3. The molecular formula is C15H15BrFNO. The summed E-state index contributed by atoms with van der Waals surface area (Å²) in [5, 5.41) is 3.29. The van der Waals surface area contributed by atoms with Gasteiger partial charge < -0.3 is 10.1 Å². The maximum Gasteiger partial charge on any atom is 0.124 e. The van der Waals surface area contributed by atoms with E-state index >= 15 is 0 Å². The van der Waals surface area contributed by atoms with Gasteiger partial charge in [-0.1, -0.05) is 15.9 Å². The van der Waals surface area contributed by atoms with Gasteiger partial charge in [0, 0.05) is 16.7 Å². The largest absolute Gasteiger partial charge is 0.497 e. The summed E-state index contributed by atoms with van der Waals surface area (Å²) in [7, 11) is 1.64. The first-order chi connectivity index (χ1) is 9.08. The fraction of sp³-hybridized carbons (Fsp3) is 0.200.